The third-order valence-electron chi connectivity index (χ3n) is 2.58. The minimum absolute atomic E-state index is 0.0458. The molecule has 0 aromatic heterocycles. The number of ether oxygens (including phenoxy) is 1. The molecule has 1 aromatic carbocycles. The van der Waals surface area contributed by atoms with Crippen molar-refractivity contribution in [1.29, 1.82) is 0 Å². The van der Waals surface area contributed by atoms with Crippen molar-refractivity contribution in [3.63, 3.8) is 0 Å². The Morgan fingerprint density at radius 1 is 1.35 bits per heavy atom. The molecular formula is C13H19NO3. The Balaban J connectivity index is 2.83. The first kappa shape index (κ1) is 13.5. The van der Waals surface area contributed by atoms with Crippen molar-refractivity contribution >= 4 is 5.97 Å². The van der Waals surface area contributed by atoms with Gasteiger partial charge in [-0.1, -0.05) is 12.1 Å². The van der Waals surface area contributed by atoms with Gasteiger partial charge in [-0.2, -0.15) is 0 Å². The smallest absolute Gasteiger partial charge is 0.317 e. The Morgan fingerprint density at radius 3 is 2.29 bits per heavy atom. The molecule has 0 bridgehead atoms. The van der Waals surface area contributed by atoms with E-state index >= 15 is 0 Å². The molecule has 0 radical (unpaired) electrons. The van der Waals surface area contributed by atoms with Crippen LogP contribution in [0.25, 0.3) is 0 Å². The molecule has 94 valence electrons. The Labute approximate surface area is 102 Å². The van der Waals surface area contributed by atoms with Crippen LogP contribution < -0.4 is 4.74 Å². The molecule has 0 amide bonds. The number of rotatable bonds is 5. The largest absolute Gasteiger partial charge is 0.496 e. The second-order valence-electron chi connectivity index (χ2n) is 4.33. The van der Waals surface area contributed by atoms with Crippen molar-refractivity contribution in [1.82, 2.24) is 4.90 Å². The summed E-state index contributed by atoms with van der Waals surface area (Å²) in [6, 6.07) is 4.06. The van der Waals surface area contributed by atoms with E-state index in [1.54, 1.807) is 19.1 Å². The van der Waals surface area contributed by atoms with Crippen LogP contribution >= 0.6 is 0 Å². The summed E-state index contributed by atoms with van der Waals surface area (Å²) in [5.41, 5.74) is 3.25. The number of likely N-dealkylation sites (N-methyl/N-ethyl adjacent to an activating group) is 1. The van der Waals surface area contributed by atoms with E-state index in [4.69, 9.17) is 9.84 Å². The minimum atomic E-state index is -0.811. The van der Waals surface area contributed by atoms with Gasteiger partial charge >= 0.3 is 5.97 Å². The van der Waals surface area contributed by atoms with Gasteiger partial charge in [-0.05, 0) is 37.6 Å². The van der Waals surface area contributed by atoms with Crippen LogP contribution in [0.1, 0.15) is 16.7 Å². The lowest BCUT2D eigenvalue weighted by Crippen LogP contribution is -2.25. The Morgan fingerprint density at radius 2 is 1.88 bits per heavy atom. The summed E-state index contributed by atoms with van der Waals surface area (Å²) < 4.78 is 5.29. The summed E-state index contributed by atoms with van der Waals surface area (Å²) in [4.78, 5) is 12.3. The predicted octanol–water partition coefficient (Wildman–Crippen LogP) is 1.83. The number of aryl methyl sites for hydroxylation is 2. The van der Waals surface area contributed by atoms with E-state index in [1.165, 1.54) is 0 Å². The second kappa shape index (κ2) is 5.68. The molecule has 0 heterocycles. The van der Waals surface area contributed by atoms with Crippen molar-refractivity contribution in [2.24, 2.45) is 0 Å². The molecular weight excluding hydrogens is 218 g/mol. The fourth-order valence-electron chi connectivity index (χ4n) is 2.05. The molecule has 0 aliphatic rings. The van der Waals surface area contributed by atoms with Crippen molar-refractivity contribution in [2.75, 3.05) is 20.7 Å². The maximum Gasteiger partial charge on any atom is 0.317 e. The molecule has 0 aliphatic carbocycles. The van der Waals surface area contributed by atoms with Gasteiger partial charge in [0.2, 0.25) is 0 Å². The first-order valence-corrected chi connectivity index (χ1v) is 5.48. The molecule has 0 saturated heterocycles. The monoisotopic (exact) mass is 237 g/mol. The zero-order valence-corrected chi connectivity index (χ0v) is 10.8. The second-order valence-corrected chi connectivity index (χ2v) is 4.33. The van der Waals surface area contributed by atoms with Crippen LogP contribution in [0.2, 0.25) is 0 Å². The number of hydrogen-bond acceptors (Lipinski definition) is 3. The highest BCUT2D eigenvalue weighted by Gasteiger charge is 2.08. The topological polar surface area (TPSA) is 49.8 Å². The SMILES string of the molecule is COc1c(C)cc(CN(C)CC(=O)O)cc1C. The van der Waals surface area contributed by atoms with E-state index in [0.717, 1.165) is 22.4 Å². The van der Waals surface area contributed by atoms with Crippen LogP contribution in [-0.4, -0.2) is 36.7 Å². The number of aliphatic carboxylic acids is 1. The van der Waals surface area contributed by atoms with Crippen molar-refractivity contribution in [2.45, 2.75) is 20.4 Å². The van der Waals surface area contributed by atoms with Gasteiger partial charge in [0.25, 0.3) is 0 Å². The number of methoxy groups -OCH3 is 1. The molecule has 4 nitrogen and oxygen atoms in total. The van der Waals surface area contributed by atoms with Crippen LogP contribution in [0.4, 0.5) is 0 Å². The highest BCUT2D eigenvalue weighted by molar-refractivity contribution is 5.69. The summed E-state index contributed by atoms with van der Waals surface area (Å²) in [6.45, 7) is 4.65. The number of hydrogen-bond donors (Lipinski definition) is 1. The van der Waals surface area contributed by atoms with E-state index in [9.17, 15) is 4.79 Å². The highest BCUT2D eigenvalue weighted by Crippen LogP contribution is 2.24. The average Bonchev–Trinajstić information content (AvgIpc) is 2.15. The number of benzene rings is 1. The van der Waals surface area contributed by atoms with Gasteiger partial charge in [-0.3, -0.25) is 9.69 Å². The highest BCUT2D eigenvalue weighted by atomic mass is 16.5. The normalized spacial score (nSPS) is 10.6. The lowest BCUT2D eigenvalue weighted by molar-refractivity contribution is -0.138. The quantitative estimate of drug-likeness (QED) is 0.848. The lowest BCUT2D eigenvalue weighted by atomic mass is 10.1. The van der Waals surface area contributed by atoms with Gasteiger partial charge < -0.3 is 9.84 Å². The molecule has 1 aromatic rings. The molecule has 0 unspecified atom stereocenters. The molecule has 17 heavy (non-hydrogen) atoms. The first-order valence-electron chi connectivity index (χ1n) is 5.48. The Hall–Kier alpha value is -1.55. The molecule has 0 saturated carbocycles. The van der Waals surface area contributed by atoms with Gasteiger partial charge in [0.1, 0.15) is 5.75 Å². The zero-order valence-electron chi connectivity index (χ0n) is 10.8. The molecule has 4 heteroatoms. The summed E-state index contributed by atoms with van der Waals surface area (Å²) in [5.74, 6) is 0.0871. The Bertz CT molecular complexity index is 392. The van der Waals surface area contributed by atoms with Crippen molar-refractivity contribution in [3.05, 3.63) is 28.8 Å². The molecule has 0 fully saturated rings. The van der Waals surface area contributed by atoms with E-state index in [0.29, 0.717) is 6.54 Å². The number of carbonyl (C=O) groups is 1. The zero-order chi connectivity index (χ0) is 13.0. The van der Waals surface area contributed by atoms with Gasteiger partial charge in [0.15, 0.2) is 0 Å². The van der Waals surface area contributed by atoms with Crippen LogP contribution in [0.5, 0.6) is 5.75 Å². The summed E-state index contributed by atoms with van der Waals surface area (Å²) in [7, 11) is 3.45. The van der Waals surface area contributed by atoms with E-state index < -0.39 is 5.97 Å². The molecule has 0 atom stereocenters. The Kier molecular flexibility index (Phi) is 4.52. The minimum Gasteiger partial charge on any atom is -0.496 e. The fraction of sp³-hybridized carbons (Fsp3) is 0.462. The summed E-state index contributed by atoms with van der Waals surface area (Å²) in [5, 5.41) is 8.69. The summed E-state index contributed by atoms with van der Waals surface area (Å²) in [6.07, 6.45) is 0. The molecule has 1 N–H and O–H groups in total. The average molecular weight is 237 g/mol. The van der Waals surface area contributed by atoms with Crippen LogP contribution in [-0.2, 0) is 11.3 Å². The van der Waals surface area contributed by atoms with Crippen molar-refractivity contribution in [3.8, 4) is 5.75 Å². The third-order valence-corrected chi connectivity index (χ3v) is 2.58. The summed E-state index contributed by atoms with van der Waals surface area (Å²) >= 11 is 0. The lowest BCUT2D eigenvalue weighted by Gasteiger charge is -2.16. The van der Waals surface area contributed by atoms with Crippen LogP contribution in [0.3, 0.4) is 0 Å². The van der Waals surface area contributed by atoms with Gasteiger partial charge in [-0.25, -0.2) is 0 Å². The van der Waals surface area contributed by atoms with E-state index in [2.05, 4.69) is 0 Å². The molecule has 1 rings (SSSR count). The molecule has 0 spiro atoms. The van der Waals surface area contributed by atoms with Crippen molar-refractivity contribution < 1.29 is 14.6 Å². The van der Waals surface area contributed by atoms with Crippen LogP contribution in [0, 0.1) is 13.8 Å². The van der Waals surface area contributed by atoms with Gasteiger partial charge in [0.05, 0.1) is 13.7 Å². The van der Waals surface area contributed by atoms with Crippen LogP contribution in [0.15, 0.2) is 12.1 Å². The van der Waals surface area contributed by atoms with Gasteiger partial charge in [-0.15, -0.1) is 0 Å². The predicted molar refractivity (Wildman–Crippen MR) is 66.4 cm³/mol. The first-order chi connectivity index (χ1) is 7.93. The fourth-order valence-corrected chi connectivity index (χ4v) is 2.05. The molecule has 0 aliphatic heterocycles. The third kappa shape index (κ3) is 3.75. The maximum atomic E-state index is 10.6. The van der Waals surface area contributed by atoms with E-state index in [-0.39, 0.29) is 6.54 Å². The van der Waals surface area contributed by atoms with Gasteiger partial charge in [0, 0.05) is 6.54 Å². The maximum absolute atomic E-state index is 10.6. The number of carboxylic acids is 1. The number of nitrogens with zero attached hydrogens (tertiary/aromatic N) is 1. The standard InChI is InChI=1S/C13H19NO3/c1-9-5-11(6-10(2)13(9)17-4)7-14(3)8-12(15)16/h5-6H,7-8H2,1-4H3,(H,15,16). The van der Waals surface area contributed by atoms with E-state index in [1.807, 2.05) is 26.0 Å². The number of carboxylic acid groups (broad SMARTS) is 1.